The predicted molar refractivity (Wildman–Crippen MR) is 60.1 cm³/mol. The van der Waals surface area contributed by atoms with Crippen LogP contribution in [-0.2, 0) is 4.74 Å². The molecule has 2 unspecified atom stereocenters. The van der Waals surface area contributed by atoms with Crippen LogP contribution in [-0.4, -0.2) is 11.8 Å². The van der Waals surface area contributed by atoms with Gasteiger partial charge in [0.2, 0.25) is 0 Å². The zero-order valence-corrected chi connectivity index (χ0v) is 9.72. The molecule has 0 aromatic heterocycles. The van der Waals surface area contributed by atoms with Gasteiger partial charge in [0.1, 0.15) is 11.8 Å². The maximum atomic E-state index is 6.09. The van der Waals surface area contributed by atoms with Gasteiger partial charge in [-0.15, -0.1) is 0 Å². The molecule has 0 aliphatic carbocycles. The molecule has 2 N–H and O–H groups in total. The molecule has 84 valence electrons. The van der Waals surface area contributed by atoms with Crippen molar-refractivity contribution < 1.29 is 4.74 Å². The monoisotopic (exact) mass is 199 g/mol. The number of rotatable bonds is 8. The molecule has 0 saturated carbocycles. The molecule has 0 bridgehead atoms. The second kappa shape index (κ2) is 5.72. The van der Waals surface area contributed by atoms with Crippen LogP contribution < -0.4 is 5.73 Å². The van der Waals surface area contributed by atoms with Gasteiger partial charge in [-0.25, -0.2) is 0 Å². The van der Waals surface area contributed by atoms with Gasteiger partial charge in [0.05, 0.1) is 0 Å². The van der Waals surface area contributed by atoms with Crippen LogP contribution >= 0.6 is 0 Å². The van der Waals surface area contributed by atoms with Crippen LogP contribution in [0.1, 0.15) is 65.2 Å². The van der Waals surface area contributed by atoms with Gasteiger partial charge in [0.25, 0.3) is 0 Å². The number of unbranched alkanes of at least 4 members (excludes halogenated alkanes) is 4. The molecule has 1 fully saturated rings. The molecular formula is C12H25NO. The lowest BCUT2D eigenvalue weighted by molar-refractivity contribution is 0.277. The van der Waals surface area contributed by atoms with Crippen molar-refractivity contribution in [1.29, 1.82) is 0 Å². The third-order valence-corrected chi connectivity index (χ3v) is 3.09. The summed E-state index contributed by atoms with van der Waals surface area (Å²) >= 11 is 0. The molecule has 2 atom stereocenters. The lowest BCUT2D eigenvalue weighted by atomic mass is 10.0. The van der Waals surface area contributed by atoms with Crippen molar-refractivity contribution in [1.82, 2.24) is 0 Å². The summed E-state index contributed by atoms with van der Waals surface area (Å²) in [6, 6.07) is 0. The average Bonchev–Trinajstić information content (AvgIpc) is 2.79. The van der Waals surface area contributed by atoms with Crippen LogP contribution in [0, 0.1) is 0 Å². The number of epoxide rings is 1. The fourth-order valence-electron chi connectivity index (χ4n) is 1.99. The van der Waals surface area contributed by atoms with Crippen molar-refractivity contribution in [2.45, 2.75) is 77.0 Å². The molecule has 1 rings (SSSR count). The van der Waals surface area contributed by atoms with E-state index in [1.165, 1.54) is 38.5 Å². The van der Waals surface area contributed by atoms with Crippen molar-refractivity contribution in [2.24, 2.45) is 5.73 Å². The minimum Gasteiger partial charge on any atom is -0.350 e. The lowest BCUT2D eigenvalue weighted by Crippen LogP contribution is -2.27. The number of nitrogens with two attached hydrogens (primary N) is 1. The molecule has 0 spiro atoms. The first-order valence-corrected chi connectivity index (χ1v) is 6.19. The largest absolute Gasteiger partial charge is 0.350 e. The van der Waals surface area contributed by atoms with Crippen molar-refractivity contribution in [3.8, 4) is 0 Å². The molecule has 2 nitrogen and oxygen atoms in total. The van der Waals surface area contributed by atoms with Gasteiger partial charge in [0.15, 0.2) is 0 Å². The van der Waals surface area contributed by atoms with Crippen LogP contribution in [0.4, 0.5) is 0 Å². The summed E-state index contributed by atoms with van der Waals surface area (Å²) in [7, 11) is 0. The average molecular weight is 199 g/mol. The van der Waals surface area contributed by atoms with Gasteiger partial charge in [0, 0.05) is 0 Å². The number of hydrogen-bond donors (Lipinski definition) is 1. The Bertz CT molecular complexity index is 160. The SMILES string of the molecule is CCCCCC1OC1(N)CCCCC. The highest BCUT2D eigenvalue weighted by Gasteiger charge is 2.51. The van der Waals surface area contributed by atoms with Gasteiger partial charge in [-0.05, 0) is 19.3 Å². The Kier molecular flexibility index (Phi) is 4.90. The molecule has 1 aliphatic rings. The van der Waals surface area contributed by atoms with Crippen LogP contribution in [0.2, 0.25) is 0 Å². The molecule has 2 heteroatoms. The molecule has 0 aromatic rings. The van der Waals surface area contributed by atoms with Crippen molar-refractivity contribution >= 4 is 0 Å². The van der Waals surface area contributed by atoms with Gasteiger partial charge in [-0.3, -0.25) is 0 Å². The molecule has 0 aromatic carbocycles. The fraction of sp³-hybridized carbons (Fsp3) is 1.00. The summed E-state index contributed by atoms with van der Waals surface area (Å²) in [5.41, 5.74) is 5.86. The second-order valence-electron chi connectivity index (χ2n) is 4.51. The highest BCUT2D eigenvalue weighted by atomic mass is 16.6. The summed E-state index contributed by atoms with van der Waals surface area (Å²) in [6.07, 6.45) is 10.2. The topological polar surface area (TPSA) is 38.5 Å². The first-order chi connectivity index (χ1) is 6.73. The van der Waals surface area contributed by atoms with E-state index in [4.69, 9.17) is 10.5 Å². The van der Waals surface area contributed by atoms with Gasteiger partial charge >= 0.3 is 0 Å². The molecule has 1 aliphatic heterocycles. The standard InChI is InChI=1S/C12H25NO/c1-3-5-7-9-11-12(13,14-11)10-8-6-4-2/h11H,3-10,13H2,1-2H3. The normalized spacial score (nSPS) is 30.6. The first kappa shape index (κ1) is 12.0. The maximum Gasteiger partial charge on any atom is 0.143 e. The van der Waals surface area contributed by atoms with Crippen molar-refractivity contribution in [3.05, 3.63) is 0 Å². The molecule has 1 heterocycles. The minimum absolute atomic E-state index is 0.233. The second-order valence-corrected chi connectivity index (χ2v) is 4.51. The zero-order chi connectivity index (χ0) is 10.4. The van der Waals surface area contributed by atoms with E-state index in [9.17, 15) is 0 Å². The molecule has 0 radical (unpaired) electrons. The van der Waals surface area contributed by atoms with E-state index in [0.29, 0.717) is 6.10 Å². The highest BCUT2D eigenvalue weighted by Crippen LogP contribution is 2.39. The van der Waals surface area contributed by atoms with Crippen LogP contribution in [0.3, 0.4) is 0 Å². The predicted octanol–water partition coefficient (Wildman–Crippen LogP) is 3.20. The van der Waals surface area contributed by atoms with Crippen molar-refractivity contribution in [2.75, 3.05) is 0 Å². The van der Waals surface area contributed by atoms with Crippen LogP contribution in [0.15, 0.2) is 0 Å². The summed E-state index contributed by atoms with van der Waals surface area (Å²) in [5, 5.41) is 0. The Morgan fingerprint density at radius 3 is 2.36 bits per heavy atom. The Hall–Kier alpha value is -0.0800. The Morgan fingerprint density at radius 1 is 1.07 bits per heavy atom. The van der Waals surface area contributed by atoms with Crippen molar-refractivity contribution in [3.63, 3.8) is 0 Å². The van der Waals surface area contributed by atoms with E-state index >= 15 is 0 Å². The van der Waals surface area contributed by atoms with E-state index in [1.807, 2.05) is 0 Å². The van der Waals surface area contributed by atoms with Crippen LogP contribution in [0.5, 0.6) is 0 Å². The minimum atomic E-state index is -0.233. The van der Waals surface area contributed by atoms with Gasteiger partial charge in [-0.2, -0.15) is 0 Å². The smallest absolute Gasteiger partial charge is 0.143 e. The number of ether oxygens (including phenoxy) is 1. The molecule has 0 amide bonds. The van der Waals surface area contributed by atoms with E-state index in [0.717, 1.165) is 12.8 Å². The quantitative estimate of drug-likeness (QED) is 0.481. The number of hydrogen-bond acceptors (Lipinski definition) is 2. The highest BCUT2D eigenvalue weighted by molar-refractivity contribution is 4.96. The molecular weight excluding hydrogens is 174 g/mol. The lowest BCUT2D eigenvalue weighted by Gasteiger charge is -2.05. The molecule has 1 saturated heterocycles. The summed E-state index contributed by atoms with van der Waals surface area (Å²) in [6.45, 7) is 4.44. The van der Waals surface area contributed by atoms with Gasteiger partial charge < -0.3 is 10.5 Å². The van der Waals surface area contributed by atoms with E-state index in [2.05, 4.69) is 13.8 Å². The summed E-state index contributed by atoms with van der Waals surface area (Å²) in [5.74, 6) is 0. The van der Waals surface area contributed by atoms with Gasteiger partial charge in [-0.1, -0.05) is 46.0 Å². The Balaban J connectivity index is 2.03. The summed E-state index contributed by atoms with van der Waals surface area (Å²) in [4.78, 5) is 0. The fourth-order valence-corrected chi connectivity index (χ4v) is 1.99. The maximum absolute atomic E-state index is 6.09. The summed E-state index contributed by atoms with van der Waals surface area (Å²) < 4.78 is 5.58. The van der Waals surface area contributed by atoms with E-state index in [-0.39, 0.29) is 5.72 Å². The van der Waals surface area contributed by atoms with E-state index < -0.39 is 0 Å². The molecule has 14 heavy (non-hydrogen) atoms. The van der Waals surface area contributed by atoms with Crippen LogP contribution in [0.25, 0.3) is 0 Å². The third kappa shape index (κ3) is 3.58. The van der Waals surface area contributed by atoms with E-state index in [1.54, 1.807) is 0 Å². The Labute approximate surface area is 88.2 Å². The zero-order valence-electron chi connectivity index (χ0n) is 9.72. The first-order valence-electron chi connectivity index (χ1n) is 6.19. The Morgan fingerprint density at radius 2 is 1.71 bits per heavy atom. The third-order valence-electron chi connectivity index (χ3n) is 3.09.